The maximum absolute atomic E-state index is 10.9. The number of carbonyl (C=O) groups is 2. The molecular weight excluding hydrogens is 211 g/mol. The normalized spacial score (nSPS) is 44.7. The van der Waals surface area contributed by atoms with Crippen molar-refractivity contribution in [1.29, 1.82) is 0 Å². The van der Waals surface area contributed by atoms with E-state index in [2.05, 4.69) is 0 Å². The fourth-order valence-corrected chi connectivity index (χ4v) is 2.33. The third-order valence-corrected chi connectivity index (χ3v) is 3.19. The largest absolute Gasteiger partial charge is 0.460 e. The van der Waals surface area contributed by atoms with Crippen LogP contribution in [0, 0.1) is 5.41 Å². The Balaban J connectivity index is 2.08. The van der Waals surface area contributed by atoms with Gasteiger partial charge in [-0.3, -0.25) is 9.59 Å². The lowest BCUT2D eigenvalue weighted by atomic mass is 9.86. The summed E-state index contributed by atoms with van der Waals surface area (Å²) in [7, 11) is 5.69. The molecule has 86 valence electrons. The van der Waals surface area contributed by atoms with Gasteiger partial charge in [-0.1, -0.05) is 0 Å². The van der Waals surface area contributed by atoms with E-state index in [1.54, 1.807) is 0 Å². The van der Waals surface area contributed by atoms with Gasteiger partial charge in [-0.15, -0.1) is 0 Å². The maximum Gasteiger partial charge on any atom is 0.303 e. The van der Waals surface area contributed by atoms with Crippen molar-refractivity contribution < 1.29 is 23.8 Å². The second-order valence-electron chi connectivity index (χ2n) is 4.45. The Morgan fingerprint density at radius 3 is 2.19 bits per heavy atom. The number of fused-ring (bicyclic) bond motifs is 1. The summed E-state index contributed by atoms with van der Waals surface area (Å²) in [5, 5.41) is 0. The molecule has 0 spiro atoms. The predicted octanol–water partition coefficient (Wildman–Crippen LogP) is -0.237. The molecule has 2 radical (unpaired) electrons. The number of ether oxygens (including phenoxy) is 3. The van der Waals surface area contributed by atoms with Crippen molar-refractivity contribution in [3.8, 4) is 0 Å². The van der Waals surface area contributed by atoms with Gasteiger partial charge in [-0.25, -0.2) is 0 Å². The minimum Gasteiger partial charge on any atom is -0.460 e. The van der Waals surface area contributed by atoms with E-state index in [-0.39, 0.29) is 18.2 Å². The zero-order valence-electron chi connectivity index (χ0n) is 9.43. The Bertz CT molecular complexity index is 344. The van der Waals surface area contributed by atoms with Gasteiger partial charge in [0.25, 0.3) is 0 Å². The molecule has 5 atom stereocenters. The van der Waals surface area contributed by atoms with Gasteiger partial charge in [-0.05, 0) is 6.92 Å². The molecule has 16 heavy (non-hydrogen) atoms. The number of rotatable bonds is 2. The highest BCUT2D eigenvalue weighted by atomic mass is 16.6. The smallest absolute Gasteiger partial charge is 0.303 e. The molecule has 1 unspecified atom stereocenters. The maximum atomic E-state index is 10.9. The second-order valence-corrected chi connectivity index (χ2v) is 4.45. The molecule has 1 saturated heterocycles. The van der Waals surface area contributed by atoms with Gasteiger partial charge < -0.3 is 14.2 Å². The highest BCUT2D eigenvalue weighted by Crippen LogP contribution is 2.60. The van der Waals surface area contributed by atoms with Gasteiger partial charge >= 0.3 is 11.9 Å². The van der Waals surface area contributed by atoms with Crippen LogP contribution in [0.2, 0.25) is 0 Å². The zero-order chi connectivity index (χ0) is 12.1. The van der Waals surface area contributed by atoms with Crippen molar-refractivity contribution in [3.63, 3.8) is 0 Å². The minimum atomic E-state index is -0.647. The van der Waals surface area contributed by atoms with Crippen LogP contribution in [0.4, 0.5) is 0 Å². The first-order valence-corrected chi connectivity index (χ1v) is 5.13. The van der Waals surface area contributed by atoms with Gasteiger partial charge in [0.05, 0.1) is 11.4 Å². The van der Waals surface area contributed by atoms with Crippen LogP contribution >= 0.6 is 0 Å². The highest BCUT2D eigenvalue weighted by molar-refractivity contribution is 6.12. The van der Waals surface area contributed by atoms with E-state index in [9.17, 15) is 9.59 Å². The summed E-state index contributed by atoms with van der Waals surface area (Å²) in [5.74, 6) is -0.793. The van der Waals surface area contributed by atoms with Crippen LogP contribution < -0.4 is 0 Å². The van der Waals surface area contributed by atoms with E-state index in [1.807, 2.05) is 6.92 Å². The van der Waals surface area contributed by atoms with Crippen molar-refractivity contribution in [1.82, 2.24) is 0 Å². The molecule has 2 fully saturated rings. The Morgan fingerprint density at radius 1 is 1.19 bits per heavy atom. The van der Waals surface area contributed by atoms with Crippen LogP contribution in [0.15, 0.2) is 0 Å². The molecule has 2 rings (SSSR count). The third-order valence-electron chi connectivity index (χ3n) is 3.19. The molecule has 2 aliphatic rings. The Labute approximate surface area is 94.8 Å². The Morgan fingerprint density at radius 2 is 1.69 bits per heavy atom. The van der Waals surface area contributed by atoms with Gasteiger partial charge in [-0.2, -0.15) is 0 Å². The summed E-state index contributed by atoms with van der Waals surface area (Å²) < 4.78 is 15.6. The van der Waals surface area contributed by atoms with Gasteiger partial charge in [0.15, 0.2) is 0 Å². The summed E-state index contributed by atoms with van der Waals surface area (Å²) in [4.78, 5) is 21.8. The van der Waals surface area contributed by atoms with Gasteiger partial charge in [0.1, 0.15) is 26.2 Å². The molecule has 0 bridgehead atoms. The van der Waals surface area contributed by atoms with E-state index >= 15 is 0 Å². The van der Waals surface area contributed by atoms with E-state index in [0.717, 1.165) is 0 Å². The molecule has 0 aromatic heterocycles. The molecule has 0 N–H and O–H groups in total. The van der Waals surface area contributed by atoms with Crippen molar-refractivity contribution in [2.24, 2.45) is 5.41 Å². The molecule has 1 heterocycles. The first kappa shape index (κ1) is 11.5. The summed E-state index contributed by atoms with van der Waals surface area (Å²) in [6.07, 6.45) is -1.19. The van der Waals surface area contributed by atoms with Crippen LogP contribution in [0.25, 0.3) is 0 Å². The van der Waals surface area contributed by atoms with Gasteiger partial charge in [0, 0.05) is 13.8 Å². The fourth-order valence-electron chi connectivity index (χ4n) is 2.33. The van der Waals surface area contributed by atoms with Crippen LogP contribution in [-0.2, 0) is 23.8 Å². The lowest BCUT2D eigenvalue weighted by molar-refractivity contribution is -0.156. The molecule has 1 aliphatic heterocycles. The molecular formula is C10H13BO5. The monoisotopic (exact) mass is 224 g/mol. The molecule has 1 saturated carbocycles. The van der Waals surface area contributed by atoms with Crippen molar-refractivity contribution in [2.75, 3.05) is 0 Å². The van der Waals surface area contributed by atoms with Crippen molar-refractivity contribution >= 4 is 19.8 Å². The number of hydrogen-bond acceptors (Lipinski definition) is 5. The van der Waals surface area contributed by atoms with E-state index in [0.29, 0.717) is 0 Å². The predicted molar refractivity (Wildman–Crippen MR) is 53.6 cm³/mol. The van der Waals surface area contributed by atoms with E-state index < -0.39 is 23.5 Å². The first-order chi connectivity index (χ1) is 7.37. The lowest BCUT2D eigenvalue weighted by Crippen LogP contribution is -2.38. The van der Waals surface area contributed by atoms with Crippen molar-refractivity contribution in [2.45, 2.75) is 45.1 Å². The topological polar surface area (TPSA) is 61.8 Å². The van der Waals surface area contributed by atoms with Crippen molar-refractivity contribution in [3.05, 3.63) is 0 Å². The SMILES string of the molecule is [B][C@@H]1O[C@@H]2C(OC(C)=O)[C@]2(C)[C@H]1OC(C)=O. The standard InChI is InChI=1S/C10H13BO5/c1-4(12)14-6-7-10(6,3)8(9(11)16-7)15-5(2)13/h6-9H,1-3H3/t6?,7-,8+,9-,10+/m1/s1. The van der Waals surface area contributed by atoms with Crippen LogP contribution in [0.1, 0.15) is 20.8 Å². The molecule has 0 aromatic carbocycles. The number of hydrogen-bond donors (Lipinski definition) is 0. The number of esters is 2. The summed E-state index contributed by atoms with van der Waals surface area (Å²) in [6, 6.07) is -0.647. The quantitative estimate of drug-likeness (QED) is 0.478. The van der Waals surface area contributed by atoms with E-state index in [1.165, 1.54) is 13.8 Å². The van der Waals surface area contributed by atoms with Gasteiger partial charge in [0.2, 0.25) is 0 Å². The minimum absolute atomic E-state index is 0.268. The van der Waals surface area contributed by atoms with E-state index in [4.69, 9.17) is 22.1 Å². The molecule has 0 amide bonds. The van der Waals surface area contributed by atoms with Crippen LogP contribution in [0.3, 0.4) is 0 Å². The molecule has 6 heteroatoms. The summed E-state index contributed by atoms with van der Waals surface area (Å²) in [5.41, 5.74) is -0.503. The van der Waals surface area contributed by atoms with Crippen LogP contribution in [-0.4, -0.2) is 44.1 Å². The average molecular weight is 224 g/mol. The molecule has 0 aromatic rings. The third kappa shape index (κ3) is 1.52. The van der Waals surface area contributed by atoms with Crippen LogP contribution in [0.5, 0.6) is 0 Å². The Kier molecular flexibility index (Phi) is 2.49. The molecule has 5 nitrogen and oxygen atoms in total. The zero-order valence-corrected chi connectivity index (χ0v) is 9.43. The summed E-state index contributed by atoms with van der Waals surface area (Å²) in [6.45, 7) is 4.48. The second kappa shape index (κ2) is 3.48. The summed E-state index contributed by atoms with van der Waals surface area (Å²) >= 11 is 0. The fraction of sp³-hybridized carbons (Fsp3) is 0.800. The lowest BCUT2D eigenvalue weighted by Gasteiger charge is -2.24. The highest BCUT2D eigenvalue weighted by Gasteiger charge is 2.76. The Hall–Kier alpha value is -1.04. The average Bonchev–Trinajstić information content (AvgIpc) is 2.57. The first-order valence-electron chi connectivity index (χ1n) is 5.13. The number of carbonyl (C=O) groups excluding carboxylic acids is 2. The molecule has 1 aliphatic carbocycles.